The van der Waals surface area contributed by atoms with Gasteiger partial charge in [-0.25, -0.2) is 0 Å². The Morgan fingerprint density at radius 3 is 2.73 bits per heavy atom. The maximum atomic E-state index is 12.6. The lowest BCUT2D eigenvalue weighted by molar-refractivity contribution is 0.0915. The number of fused-ring (bicyclic) bond motifs is 2. The average Bonchev–Trinajstić information content (AvgIpc) is 3.31. The molecule has 1 heterocycles. The second kappa shape index (κ2) is 7.83. The van der Waals surface area contributed by atoms with Gasteiger partial charge >= 0.3 is 0 Å². The van der Waals surface area contributed by atoms with E-state index in [2.05, 4.69) is 23.3 Å². The first-order valence-corrected chi connectivity index (χ1v) is 10.6. The number of pyridine rings is 1. The minimum atomic E-state index is 0.0593. The number of hydrogen-bond acceptors (Lipinski definition) is 3. The lowest BCUT2D eigenvalue weighted by atomic mass is 9.84. The van der Waals surface area contributed by atoms with Crippen LogP contribution in [0.3, 0.4) is 0 Å². The molecule has 3 nitrogen and oxygen atoms in total. The van der Waals surface area contributed by atoms with Crippen molar-refractivity contribution >= 4 is 17.7 Å². The maximum Gasteiger partial charge on any atom is 0.251 e. The summed E-state index contributed by atoms with van der Waals surface area (Å²) in [7, 11) is 0. The molecule has 1 aromatic carbocycles. The van der Waals surface area contributed by atoms with Gasteiger partial charge in [-0.15, -0.1) is 11.8 Å². The van der Waals surface area contributed by atoms with E-state index in [4.69, 9.17) is 0 Å². The van der Waals surface area contributed by atoms with E-state index < -0.39 is 0 Å². The highest BCUT2D eigenvalue weighted by Gasteiger charge is 2.42. The van der Waals surface area contributed by atoms with Gasteiger partial charge in [0.05, 0.1) is 0 Å². The lowest BCUT2D eigenvalue weighted by Gasteiger charge is -2.28. The minimum absolute atomic E-state index is 0.0593. The van der Waals surface area contributed by atoms with Crippen LogP contribution in [0.25, 0.3) is 0 Å². The molecule has 2 fully saturated rings. The number of carbonyl (C=O) groups is 1. The van der Waals surface area contributed by atoms with E-state index >= 15 is 0 Å². The molecule has 2 aliphatic rings. The Labute approximate surface area is 160 Å². The fourth-order valence-corrected chi connectivity index (χ4v) is 5.49. The summed E-state index contributed by atoms with van der Waals surface area (Å²) >= 11 is 1.76. The molecule has 1 N–H and O–H groups in total. The summed E-state index contributed by atoms with van der Waals surface area (Å²) in [5.74, 6) is 3.37. The molecule has 26 heavy (non-hydrogen) atoms. The summed E-state index contributed by atoms with van der Waals surface area (Å²) < 4.78 is 0. The van der Waals surface area contributed by atoms with E-state index in [9.17, 15) is 4.79 Å². The first-order chi connectivity index (χ1) is 12.7. The van der Waals surface area contributed by atoms with E-state index in [1.807, 2.05) is 36.5 Å². The molecule has 136 valence electrons. The Balaban J connectivity index is 1.30. The van der Waals surface area contributed by atoms with E-state index in [0.717, 1.165) is 23.2 Å². The van der Waals surface area contributed by atoms with E-state index in [1.165, 1.54) is 36.1 Å². The summed E-state index contributed by atoms with van der Waals surface area (Å²) in [6, 6.07) is 12.3. The van der Waals surface area contributed by atoms with Gasteiger partial charge in [0.25, 0.3) is 5.91 Å². The molecule has 1 amide bonds. The van der Waals surface area contributed by atoms with Gasteiger partial charge < -0.3 is 5.32 Å². The fourth-order valence-electron chi connectivity index (χ4n) is 4.66. The highest BCUT2D eigenvalue weighted by atomic mass is 32.2. The summed E-state index contributed by atoms with van der Waals surface area (Å²) in [6.07, 6.45) is 9.13. The molecular weight excluding hydrogens is 340 g/mol. The predicted molar refractivity (Wildman–Crippen MR) is 106 cm³/mol. The first kappa shape index (κ1) is 17.6. The van der Waals surface area contributed by atoms with Gasteiger partial charge in [-0.1, -0.05) is 12.5 Å². The summed E-state index contributed by atoms with van der Waals surface area (Å²) in [5.41, 5.74) is 1.96. The molecule has 4 heteroatoms. The Hall–Kier alpha value is -1.81. The molecule has 0 radical (unpaired) electrons. The van der Waals surface area contributed by atoms with Crippen LogP contribution in [0.5, 0.6) is 0 Å². The van der Waals surface area contributed by atoms with Crippen LogP contribution in [0.15, 0.2) is 53.7 Å². The van der Waals surface area contributed by atoms with Gasteiger partial charge in [-0.3, -0.25) is 9.78 Å². The Morgan fingerprint density at radius 2 is 2.08 bits per heavy atom. The van der Waals surface area contributed by atoms with Crippen molar-refractivity contribution in [2.75, 3.05) is 0 Å². The molecule has 2 aromatic rings. The number of amides is 1. The first-order valence-electron chi connectivity index (χ1n) is 9.61. The Kier molecular flexibility index (Phi) is 5.30. The average molecular weight is 367 g/mol. The molecule has 2 saturated carbocycles. The van der Waals surface area contributed by atoms with Crippen molar-refractivity contribution in [2.45, 2.75) is 49.3 Å². The molecule has 4 atom stereocenters. The largest absolute Gasteiger partial charge is 0.349 e. The van der Waals surface area contributed by atoms with E-state index in [0.29, 0.717) is 5.92 Å². The second-order valence-electron chi connectivity index (χ2n) is 7.78. The van der Waals surface area contributed by atoms with Crippen molar-refractivity contribution < 1.29 is 4.79 Å². The Bertz CT molecular complexity index is 746. The van der Waals surface area contributed by atoms with Crippen LogP contribution in [0.1, 0.15) is 48.5 Å². The number of hydrogen-bond donors (Lipinski definition) is 1. The van der Waals surface area contributed by atoms with Crippen molar-refractivity contribution in [3.05, 3.63) is 59.9 Å². The third kappa shape index (κ3) is 3.96. The van der Waals surface area contributed by atoms with Crippen LogP contribution < -0.4 is 5.32 Å². The molecule has 4 rings (SSSR count). The zero-order chi connectivity index (χ0) is 17.9. The number of thioether (sulfide) groups is 1. The number of carbonyl (C=O) groups excluding carboxylic acids is 1. The zero-order valence-electron chi connectivity index (χ0n) is 15.2. The summed E-state index contributed by atoms with van der Waals surface area (Å²) in [4.78, 5) is 17.9. The number of aromatic nitrogens is 1. The molecule has 0 spiro atoms. The molecule has 0 aliphatic heterocycles. The lowest BCUT2D eigenvalue weighted by Crippen LogP contribution is -2.40. The number of benzene rings is 1. The molecule has 2 aliphatic carbocycles. The van der Waals surface area contributed by atoms with Gasteiger partial charge in [0.1, 0.15) is 0 Å². The molecule has 0 unspecified atom stereocenters. The third-order valence-corrected chi connectivity index (χ3v) is 7.12. The monoisotopic (exact) mass is 366 g/mol. The van der Waals surface area contributed by atoms with Crippen molar-refractivity contribution in [1.82, 2.24) is 10.3 Å². The van der Waals surface area contributed by atoms with Crippen molar-refractivity contribution in [3.8, 4) is 0 Å². The summed E-state index contributed by atoms with van der Waals surface area (Å²) in [5, 5.41) is 3.25. The van der Waals surface area contributed by atoms with Crippen LogP contribution >= 0.6 is 11.8 Å². The van der Waals surface area contributed by atoms with Crippen LogP contribution in [-0.4, -0.2) is 16.9 Å². The number of nitrogens with one attached hydrogen (secondary N) is 1. The van der Waals surface area contributed by atoms with Crippen molar-refractivity contribution in [2.24, 2.45) is 17.8 Å². The van der Waals surface area contributed by atoms with Gasteiger partial charge in [0, 0.05) is 34.6 Å². The van der Waals surface area contributed by atoms with Crippen LogP contribution in [0.2, 0.25) is 0 Å². The highest BCUT2D eigenvalue weighted by molar-refractivity contribution is 7.98. The van der Waals surface area contributed by atoms with E-state index in [1.54, 1.807) is 18.0 Å². The quantitative estimate of drug-likeness (QED) is 0.737. The SMILES string of the molecule is C[C@@H](NC(=O)c1ccc(SCc2cccnc2)cc1)[C@@H]1C[C@H]2CC[C@H]1C2. The van der Waals surface area contributed by atoms with Gasteiger partial charge in [-0.2, -0.15) is 0 Å². The zero-order valence-corrected chi connectivity index (χ0v) is 16.0. The van der Waals surface area contributed by atoms with Crippen LogP contribution in [-0.2, 0) is 5.75 Å². The van der Waals surface area contributed by atoms with Gasteiger partial charge in [-0.05, 0) is 79.8 Å². The smallest absolute Gasteiger partial charge is 0.251 e. The second-order valence-corrected chi connectivity index (χ2v) is 8.82. The molecular formula is C22H26N2OS. The topological polar surface area (TPSA) is 42.0 Å². The molecule has 1 aromatic heterocycles. The number of nitrogens with zero attached hydrogens (tertiary/aromatic N) is 1. The number of rotatable bonds is 6. The van der Waals surface area contributed by atoms with E-state index in [-0.39, 0.29) is 11.9 Å². The standard InChI is InChI=1S/C22H26N2OS/c1-15(21-12-16-4-5-19(21)11-16)24-22(25)18-6-8-20(9-7-18)26-14-17-3-2-10-23-13-17/h2-3,6-10,13,15-16,19,21H,4-5,11-12,14H2,1H3,(H,24,25)/t15-,16+,19+,21+/m1/s1. The van der Waals surface area contributed by atoms with Gasteiger partial charge in [0.2, 0.25) is 0 Å². The fraction of sp³-hybridized carbons (Fsp3) is 0.455. The van der Waals surface area contributed by atoms with Crippen LogP contribution in [0, 0.1) is 17.8 Å². The minimum Gasteiger partial charge on any atom is -0.349 e. The van der Waals surface area contributed by atoms with Crippen molar-refractivity contribution in [1.29, 1.82) is 0 Å². The molecule has 2 bridgehead atoms. The summed E-state index contributed by atoms with van der Waals surface area (Å²) in [6.45, 7) is 2.18. The molecule has 0 saturated heterocycles. The van der Waals surface area contributed by atoms with Gasteiger partial charge in [0.15, 0.2) is 0 Å². The third-order valence-electron chi connectivity index (χ3n) is 6.04. The normalized spacial score (nSPS) is 25.2. The highest BCUT2D eigenvalue weighted by Crippen LogP contribution is 2.49. The maximum absolute atomic E-state index is 12.6. The van der Waals surface area contributed by atoms with Crippen LogP contribution in [0.4, 0.5) is 0 Å². The predicted octanol–water partition coefficient (Wildman–Crippen LogP) is 4.93. The van der Waals surface area contributed by atoms with Crippen molar-refractivity contribution in [3.63, 3.8) is 0 Å². The Morgan fingerprint density at radius 1 is 1.23 bits per heavy atom.